The van der Waals surface area contributed by atoms with Crippen LogP contribution in [0.4, 0.5) is 16.2 Å². The first-order valence-electron chi connectivity index (χ1n) is 8.19. The molecule has 1 aromatic heterocycles. The first-order chi connectivity index (χ1) is 12.1. The second-order valence-electron chi connectivity index (χ2n) is 5.85. The predicted molar refractivity (Wildman–Crippen MR) is 103 cm³/mol. The molecule has 0 bridgehead atoms. The number of nitrogens with zero attached hydrogens (tertiary/aromatic N) is 3. The molecular formula is C17H19ClFN5S. The number of benzene rings is 1. The molecule has 3 rings (SSSR count). The number of rotatable bonds is 4. The zero-order chi connectivity index (χ0) is 17.6. The van der Waals surface area contributed by atoms with Gasteiger partial charge in [-0.15, -0.1) is 0 Å². The van der Waals surface area contributed by atoms with Crippen LogP contribution >= 0.6 is 23.8 Å². The van der Waals surface area contributed by atoms with Crippen molar-refractivity contribution in [1.82, 2.24) is 15.3 Å². The number of thiocarbonyl (C=S) groups is 1. The maximum Gasteiger partial charge on any atom is 0.232 e. The largest absolute Gasteiger partial charge is 0.358 e. The van der Waals surface area contributed by atoms with E-state index in [9.17, 15) is 4.39 Å². The second-order valence-corrected chi connectivity index (χ2v) is 6.65. The number of hydrogen-bond donors (Lipinski definition) is 2. The van der Waals surface area contributed by atoms with Crippen LogP contribution in [0.25, 0.3) is 0 Å². The Morgan fingerprint density at radius 3 is 2.60 bits per heavy atom. The highest BCUT2D eigenvalue weighted by Crippen LogP contribution is 2.21. The Labute approximate surface area is 156 Å². The van der Waals surface area contributed by atoms with E-state index in [-0.39, 0.29) is 5.82 Å². The lowest BCUT2D eigenvalue weighted by atomic mass is 10.1. The molecule has 5 nitrogen and oxygen atoms in total. The van der Waals surface area contributed by atoms with Crippen LogP contribution in [0.2, 0.25) is 5.15 Å². The van der Waals surface area contributed by atoms with Gasteiger partial charge in [0.05, 0.1) is 0 Å². The van der Waals surface area contributed by atoms with Gasteiger partial charge in [0.25, 0.3) is 0 Å². The van der Waals surface area contributed by atoms with Gasteiger partial charge in [-0.25, -0.2) is 9.37 Å². The highest BCUT2D eigenvalue weighted by Gasteiger charge is 2.14. The molecule has 2 heterocycles. The van der Waals surface area contributed by atoms with Crippen LogP contribution < -0.4 is 15.5 Å². The van der Waals surface area contributed by atoms with Crippen LogP contribution in [0.1, 0.15) is 24.8 Å². The van der Waals surface area contributed by atoms with E-state index in [1.807, 2.05) is 0 Å². The number of anilines is 2. The van der Waals surface area contributed by atoms with Crippen LogP contribution in [0.15, 0.2) is 30.3 Å². The van der Waals surface area contributed by atoms with E-state index in [1.54, 1.807) is 18.2 Å². The van der Waals surface area contributed by atoms with Crippen molar-refractivity contribution in [2.45, 2.75) is 25.8 Å². The van der Waals surface area contributed by atoms with E-state index in [1.165, 1.54) is 18.6 Å². The lowest BCUT2D eigenvalue weighted by Crippen LogP contribution is -2.31. The maximum absolute atomic E-state index is 12.9. The smallest absolute Gasteiger partial charge is 0.232 e. The van der Waals surface area contributed by atoms with Crippen molar-refractivity contribution < 1.29 is 4.39 Å². The van der Waals surface area contributed by atoms with Gasteiger partial charge in [0, 0.05) is 25.7 Å². The van der Waals surface area contributed by atoms with E-state index in [0.29, 0.717) is 22.8 Å². The first-order valence-corrected chi connectivity index (χ1v) is 8.97. The molecule has 0 unspecified atom stereocenters. The van der Waals surface area contributed by atoms with Gasteiger partial charge in [-0.2, -0.15) is 4.98 Å². The minimum Gasteiger partial charge on any atom is -0.358 e. The van der Waals surface area contributed by atoms with Crippen molar-refractivity contribution in [2.24, 2.45) is 0 Å². The molecule has 1 fully saturated rings. The molecule has 0 amide bonds. The Balaban J connectivity index is 1.60. The zero-order valence-electron chi connectivity index (χ0n) is 13.6. The highest BCUT2D eigenvalue weighted by molar-refractivity contribution is 7.80. The Bertz CT molecular complexity index is 734. The number of hydrogen-bond acceptors (Lipinski definition) is 4. The third kappa shape index (κ3) is 5.24. The second kappa shape index (κ2) is 8.40. The number of aromatic nitrogens is 2. The third-order valence-electron chi connectivity index (χ3n) is 3.95. The van der Waals surface area contributed by atoms with Crippen molar-refractivity contribution >= 4 is 40.7 Å². The summed E-state index contributed by atoms with van der Waals surface area (Å²) in [5.41, 5.74) is 0.923. The van der Waals surface area contributed by atoms with Gasteiger partial charge >= 0.3 is 0 Å². The minimum atomic E-state index is -0.262. The average molecular weight is 380 g/mol. The van der Waals surface area contributed by atoms with E-state index >= 15 is 0 Å². The maximum atomic E-state index is 12.9. The van der Waals surface area contributed by atoms with E-state index in [2.05, 4.69) is 25.5 Å². The first kappa shape index (κ1) is 17.8. The summed E-state index contributed by atoms with van der Waals surface area (Å²) in [5.74, 6) is 0.912. The van der Waals surface area contributed by atoms with Crippen molar-refractivity contribution in [3.63, 3.8) is 0 Å². The Kier molecular flexibility index (Phi) is 5.99. The van der Waals surface area contributed by atoms with Crippen LogP contribution in [-0.4, -0.2) is 28.2 Å². The molecule has 1 saturated heterocycles. The van der Waals surface area contributed by atoms with E-state index in [4.69, 9.17) is 23.8 Å². The van der Waals surface area contributed by atoms with E-state index < -0.39 is 0 Å². The summed E-state index contributed by atoms with van der Waals surface area (Å²) in [6.07, 6.45) is 3.56. The van der Waals surface area contributed by atoms with Gasteiger partial charge in [-0.1, -0.05) is 23.7 Å². The Morgan fingerprint density at radius 1 is 1.16 bits per heavy atom. The molecule has 0 atom stereocenters. The molecule has 2 N–H and O–H groups in total. The topological polar surface area (TPSA) is 53.1 Å². The molecule has 1 aliphatic heterocycles. The lowest BCUT2D eigenvalue weighted by Gasteiger charge is -2.27. The van der Waals surface area contributed by atoms with Gasteiger partial charge in [0.2, 0.25) is 5.95 Å². The molecule has 0 spiro atoms. The minimum absolute atomic E-state index is 0.262. The van der Waals surface area contributed by atoms with E-state index in [0.717, 1.165) is 37.3 Å². The molecule has 8 heteroatoms. The number of nitrogens with one attached hydrogen (secondary N) is 2. The molecule has 25 heavy (non-hydrogen) atoms. The van der Waals surface area contributed by atoms with Gasteiger partial charge < -0.3 is 15.5 Å². The van der Waals surface area contributed by atoms with Gasteiger partial charge in [0.1, 0.15) is 16.8 Å². The van der Waals surface area contributed by atoms with Gasteiger partial charge in [-0.3, -0.25) is 0 Å². The van der Waals surface area contributed by atoms with Crippen LogP contribution in [-0.2, 0) is 6.54 Å². The van der Waals surface area contributed by atoms with Crippen LogP contribution in [0, 0.1) is 5.82 Å². The molecular weight excluding hydrogens is 361 g/mol. The summed E-state index contributed by atoms with van der Waals surface area (Å²) >= 11 is 11.4. The standard InChI is InChI=1S/C17H19ClFN5S/c18-14-10-15(24-8-2-1-3-9-24)22-16(21-14)23-17(25)20-11-12-4-6-13(19)7-5-12/h4-7,10H,1-3,8-9,11H2,(H2,20,21,22,23,25). The summed E-state index contributed by atoms with van der Waals surface area (Å²) in [7, 11) is 0. The van der Waals surface area contributed by atoms with Gasteiger partial charge in [-0.05, 0) is 49.2 Å². The lowest BCUT2D eigenvalue weighted by molar-refractivity contribution is 0.573. The van der Waals surface area contributed by atoms with Crippen molar-refractivity contribution in [2.75, 3.05) is 23.3 Å². The fraction of sp³-hybridized carbons (Fsp3) is 0.353. The molecule has 0 saturated carbocycles. The summed E-state index contributed by atoms with van der Waals surface area (Å²) in [6, 6.07) is 8.01. The van der Waals surface area contributed by atoms with Crippen LogP contribution in [0.5, 0.6) is 0 Å². The van der Waals surface area contributed by atoms with Crippen molar-refractivity contribution in [3.05, 3.63) is 46.9 Å². The molecule has 0 radical (unpaired) electrons. The quantitative estimate of drug-likeness (QED) is 0.623. The Hall–Kier alpha value is -1.99. The summed E-state index contributed by atoms with van der Waals surface area (Å²) in [4.78, 5) is 10.9. The summed E-state index contributed by atoms with van der Waals surface area (Å²) < 4.78 is 12.9. The third-order valence-corrected chi connectivity index (χ3v) is 4.39. The van der Waals surface area contributed by atoms with Crippen molar-refractivity contribution in [1.29, 1.82) is 0 Å². The average Bonchev–Trinajstić information content (AvgIpc) is 2.61. The highest BCUT2D eigenvalue weighted by atomic mass is 35.5. The van der Waals surface area contributed by atoms with Crippen LogP contribution in [0.3, 0.4) is 0 Å². The zero-order valence-corrected chi connectivity index (χ0v) is 15.2. The molecule has 2 aromatic rings. The molecule has 0 aliphatic carbocycles. The SMILES string of the molecule is Fc1ccc(CNC(=S)Nc2nc(Cl)cc(N3CCCCC3)n2)cc1. The molecule has 1 aliphatic rings. The number of piperidine rings is 1. The van der Waals surface area contributed by atoms with Gasteiger partial charge in [0.15, 0.2) is 5.11 Å². The predicted octanol–water partition coefficient (Wildman–Crippen LogP) is 3.75. The Morgan fingerprint density at radius 2 is 1.88 bits per heavy atom. The van der Waals surface area contributed by atoms with Crippen molar-refractivity contribution in [3.8, 4) is 0 Å². The molecule has 132 valence electrons. The number of halogens is 2. The molecule has 1 aromatic carbocycles. The fourth-order valence-electron chi connectivity index (χ4n) is 2.68. The summed E-state index contributed by atoms with van der Waals surface area (Å²) in [5, 5.41) is 6.76. The fourth-order valence-corrected chi connectivity index (χ4v) is 3.02. The monoisotopic (exact) mass is 379 g/mol. The normalized spacial score (nSPS) is 14.2. The summed E-state index contributed by atoms with van der Waals surface area (Å²) in [6.45, 7) is 2.42.